The van der Waals surface area contributed by atoms with Gasteiger partial charge in [-0.25, -0.2) is 14.4 Å². The molecular weight excluding hydrogens is 242 g/mol. The Morgan fingerprint density at radius 2 is 1.67 bits per heavy atom. The average molecular weight is 257 g/mol. The number of primary amides is 1. The molecule has 0 saturated heterocycles. The second kappa shape index (κ2) is 7.10. The minimum absolute atomic E-state index is 0.0253. The van der Waals surface area contributed by atoms with Crippen LogP contribution in [0.4, 0.5) is 4.79 Å². The zero-order valence-corrected chi connectivity index (χ0v) is 10.0. The molecule has 1 unspecified atom stereocenters. The maximum absolute atomic E-state index is 10.6. The van der Waals surface area contributed by atoms with Gasteiger partial charge in [0.05, 0.1) is 0 Å². The number of ether oxygens (including phenoxy) is 1. The van der Waals surface area contributed by atoms with E-state index in [0.717, 1.165) is 0 Å². The van der Waals surface area contributed by atoms with Gasteiger partial charge >= 0.3 is 18.0 Å². The normalized spacial score (nSPS) is 13.9. The molecule has 0 radical (unpaired) electrons. The van der Waals surface area contributed by atoms with Crippen LogP contribution in [-0.4, -0.2) is 34.3 Å². The molecular formula is C11H15NO6. The van der Waals surface area contributed by atoms with Crippen LogP contribution < -0.4 is 5.73 Å². The Hall–Kier alpha value is -2.31. The van der Waals surface area contributed by atoms with Crippen molar-refractivity contribution in [2.75, 3.05) is 0 Å². The van der Waals surface area contributed by atoms with E-state index in [-0.39, 0.29) is 17.6 Å². The lowest BCUT2D eigenvalue weighted by molar-refractivity contribution is -0.133. The summed E-state index contributed by atoms with van der Waals surface area (Å²) in [7, 11) is 0. The SMILES string of the molecule is CC(=CCC(C=C(C)C(=O)O)OC(N)=O)C(=O)O. The van der Waals surface area contributed by atoms with Gasteiger partial charge in [-0.1, -0.05) is 6.08 Å². The molecule has 7 heteroatoms. The van der Waals surface area contributed by atoms with Crippen molar-refractivity contribution < 1.29 is 29.3 Å². The third-order valence-electron chi connectivity index (χ3n) is 2.03. The van der Waals surface area contributed by atoms with Crippen LogP contribution in [0.5, 0.6) is 0 Å². The second-order valence-electron chi connectivity index (χ2n) is 3.56. The Morgan fingerprint density at radius 1 is 1.17 bits per heavy atom. The predicted molar refractivity (Wildman–Crippen MR) is 61.9 cm³/mol. The molecule has 1 atom stereocenters. The molecule has 0 rings (SSSR count). The van der Waals surface area contributed by atoms with Crippen molar-refractivity contribution in [3.63, 3.8) is 0 Å². The fraction of sp³-hybridized carbons (Fsp3) is 0.364. The highest BCUT2D eigenvalue weighted by Gasteiger charge is 2.12. The van der Waals surface area contributed by atoms with Crippen molar-refractivity contribution in [3.05, 3.63) is 23.3 Å². The van der Waals surface area contributed by atoms with Gasteiger partial charge in [-0.2, -0.15) is 0 Å². The van der Waals surface area contributed by atoms with Gasteiger partial charge in [0.2, 0.25) is 0 Å². The third kappa shape index (κ3) is 6.31. The third-order valence-corrected chi connectivity index (χ3v) is 2.03. The Labute approximate surface area is 104 Å². The van der Waals surface area contributed by atoms with Gasteiger partial charge in [0.25, 0.3) is 0 Å². The van der Waals surface area contributed by atoms with Crippen LogP contribution in [0.3, 0.4) is 0 Å². The summed E-state index contributed by atoms with van der Waals surface area (Å²) in [5.74, 6) is -2.27. The highest BCUT2D eigenvalue weighted by atomic mass is 16.6. The van der Waals surface area contributed by atoms with Crippen LogP contribution in [0.15, 0.2) is 23.3 Å². The van der Waals surface area contributed by atoms with Gasteiger partial charge in [0.15, 0.2) is 0 Å². The standard InChI is InChI=1S/C11H15NO6/c1-6(9(13)14)3-4-8(18-11(12)17)5-7(2)10(15)16/h3,5,8H,4H2,1-2H3,(H2,12,17)(H,13,14)(H,15,16). The second-order valence-corrected chi connectivity index (χ2v) is 3.56. The molecule has 0 aromatic rings. The Balaban J connectivity index is 4.86. The molecule has 0 fully saturated rings. The maximum atomic E-state index is 10.6. The van der Waals surface area contributed by atoms with Crippen molar-refractivity contribution in [1.29, 1.82) is 0 Å². The fourth-order valence-corrected chi connectivity index (χ4v) is 1.03. The minimum atomic E-state index is -1.16. The van der Waals surface area contributed by atoms with Gasteiger partial charge < -0.3 is 20.7 Å². The summed E-state index contributed by atoms with van der Waals surface area (Å²) in [6.07, 6.45) is 0.579. The van der Waals surface area contributed by atoms with Crippen LogP contribution >= 0.6 is 0 Å². The van der Waals surface area contributed by atoms with E-state index in [0.29, 0.717) is 0 Å². The molecule has 0 aromatic heterocycles. The largest absolute Gasteiger partial charge is 0.478 e. The summed E-state index contributed by atoms with van der Waals surface area (Å²) in [6, 6.07) is 0. The van der Waals surface area contributed by atoms with E-state index in [1.165, 1.54) is 26.0 Å². The first-order valence-electron chi connectivity index (χ1n) is 5.02. The van der Waals surface area contributed by atoms with E-state index in [4.69, 9.17) is 15.9 Å². The van der Waals surface area contributed by atoms with E-state index >= 15 is 0 Å². The zero-order chi connectivity index (χ0) is 14.3. The molecule has 18 heavy (non-hydrogen) atoms. The maximum Gasteiger partial charge on any atom is 0.405 e. The van der Waals surface area contributed by atoms with Gasteiger partial charge in [0.1, 0.15) is 6.10 Å². The lowest BCUT2D eigenvalue weighted by Gasteiger charge is -2.11. The first kappa shape index (κ1) is 15.7. The predicted octanol–water partition coefficient (Wildman–Crippen LogP) is 0.902. The number of amides is 1. The number of carbonyl (C=O) groups is 3. The van der Waals surface area contributed by atoms with Gasteiger partial charge in [0, 0.05) is 17.6 Å². The molecule has 0 aromatic carbocycles. The number of hydrogen-bond acceptors (Lipinski definition) is 4. The summed E-state index contributed by atoms with van der Waals surface area (Å²) in [5, 5.41) is 17.3. The lowest BCUT2D eigenvalue weighted by atomic mass is 10.1. The Kier molecular flexibility index (Phi) is 6.19. The van der Waals surface area contributed by atoms with E-state index in [2.05, 4.69) is 4.74 Å². The number of carboxylic acid groups (broad SMARTS) is 2. The molecule has 0 saturated carbocycles. The van der Waals surface area contributed by atoms with Crippen molar-refractivity contribution >= 4 is 18.0 Å². The van der Waals surface area contributed by atoms with Crippen LogP contribution in [0.1, 0.15) is 20.3 Å². The first-order valence-corrected chi connectivity index (χ1v) is 5.02. The lowest BCUT2D eigenvalue weighted by Crippen LogP contribution is -2.22. The summed E-state index contributed by atoms with van der Waals surface area (Å²) in [5.41, 5.74) is 4.88. The molecule has 0 heterocycles. The quantitative estimate of drug-likeness (QED) is 0.607. The van der Waals surface area contributed by atoms with Crippen molar-refractivity contribution in [2.45, 2.75) is 26.4 Å². The number of carbonyl (C=O) groups excluding carboxylic acids is 1. The van der Waals surface area contributed by atoms with E-state index in [1.54, 1.807) is 0 Å². The van der Waals surface area contributed by atoms with Crippen LogP contribution in [-0.2, 0) is 14.3 Å². The zero-order valence-electron chi connectivity index (χ0n) is 10.0. The van der Waals surface area contributed by atoms with E-state index in [9.17, 15) is 14.4 Å². The van der Waals surface area contributed by atoms with Crippen molar-refractivity contribution in [2.24, 2.45) is 5.73 Å². The van der Waals surface area contributed by atoms with Gasteiger partial charge in [-0.3, -0.25) is 0 Å². The smallest absolute Gasteiger partial charge is 0.405 e. The first-order chi connectivity index (χ1) is 8.23. The molecule has 0 spiro atoms. The number of carboxylic acids is 2. The fourth-order valence-electron chi connectivity index (χ4n) is 1.03. The van der Waals surface area contributed by atoms with E-state index < -0.39 is 24.1 Å². The number of aliphatic carboxylic acids is 2. The topological polar surface area (TPSA) is 127 Å². The highest BCUT2D eigenvalue weighted by Crippen LogP contribution is 2.08. The molecule has 0 aliphatic carbocycles. The van der Waals surface area contributed by atoms with Crippen molar-refractivity contribution in [3.8, 4) is 0 Å². The number of nitrogens with two attached hydrogens (primary N) is 1. The molecule has 4 N–H and O–H groups in total. The summed E-state index contributed by atoms with van der Waals surface area (Å²) >= 11 is 0. The number of hydrogen-bond donors (Lipinski definition) is 3. The summed E-state index contributed by atoms with van der Waals surface area (Å²) < 4.78 is 4.66. The minimum Gasteiger partial charge on any atom is -0.478 e. The number of rotatable bonds is 6. The monoisotopic (exact) mass is 257 g/mol. The average Bonchev–Trinajstić information content (AvgIpc) is 2.24. The highest BCUT2D eigenvalue weighted by molar-refractivity contribution is 5.86. The van der Waals surface area contributed by atoms with Gasteiger partial charge in [-0.05, 0) is 19.9 Å². The molecule has 0 bridgehead atoms. The molecule has 7 nitrogen and oxygen atoms in total. The Morgan fingerprint density at radius 3 is 2.06 bits per heavy atom. The molecule has 0 aliphatic heterocycles. The van der Waals surface area contributed by atoms with E-state index in [1.807, 2.05) is 0 Å². The van der Waals surface area contributed by atoms with Crippen LogP contribution in [0, 0.1) is 0 Å². The van der Waals surface area contributed by atoms with Crippen LogP contribution in [0.25, 0.3) is 0 Å². The summed E-state index contributed by atoms with van der Waals surface area (Å²) in [4.78, 5) is 31.8. The molecule has 0 aliphatic rings. The summed E-state index contributed by atoms with van der Waals surface area (Å²) in [6.45, 7) is 2.70. The Bertz CT molecular complexity index is 410. The molecule has 1 amide bonds. The molecule has 100 valence electrons. The van der Waals surface area contributed by atoms with Gasteiger partial charge in [-0.15, -0.1) is 0 Å². The van der Waals surface area contributed by atoms with Crippen molar-refractivity contribution in [1.82, 2.24) is 0 Å². The van der Waals surface area contributed by atoms with Crippen LogP contribution in [0.2, 0.25) is 0 Å².